The molecule has 2 aliphatic heterocycles. The third-order valence-electron chi connectivity index (χ3n) is 14.5. The topological polar surface area (TPSA) is 128 Å². The molecule has 0 bridgehead atoms. The van der Waals surface area contributed by atoms with Crippen molar-refractivity contribution in [1.29, 1.82) is 0 Å². The third-order valence-corrected chi connectivity index (χ3v) is 14.5. The fraction of sp³-hybridized carbons (Fsp3) is 0.683. The summed E-state index contributed by atoms with van der Waals surface area (Å²) in [6, 6.07) is 29.4. The molecule has 0 unspecified atom stereocenters. The molecular weight excluding hydrogens is 933 g/mol. The van der Waals surface area contributed by atoms with Crippen LogP contribution in [0.5, 0.6) is 0 Å². The number of carbonyl (C=O) groups excluding carboxylic acids is 2. The van der Waals surface area contributed by atoms with E-state index in [4.69, 9.17) is 37.9 Å². The fourth-order valence-electron chi connectivity index (χ4n) is 10.0. The standard InChI is InChI=1S/C63H96O11/c1-3-5-7-9-11-13-15-17-19-21-23-25-36-44-56(64)67-49-54-58(69-46-51-38-30-27-31-39-51)60(62(66)72-54)74-63-61(71-48-53-42-34-29-35-43-53)59(70-47-52-40-32-28-33-41-52)55(73-63)50-68-57(65)45-37-26-24-22-20-18-16-14-12-10-8-6-4-2/h27-35,38-43,54-55,58-63,66H,3-26,36-37,44-50H2,1-2H3/t54-,55-,58-,59-,60+,61+,62+,63+/m1/s1. The molecular formula is C63H96O11. The van der Waals surface area contributed by atoms with Crippen LogP contribution < -0.4 is 0 Å². The third kappa shape index (κ3) is 25.0. The number of benzene rings is 3. The van der Waals surface area contributed by atoms with E-state index < -0.39 is 49.2 Å². The molecule has 2 saturated heterocycles. The second-order valence-electron chi connectivity index (χ2n) is 20.8. The number of rotatable bonds is 43. The zero-order chi connectivity index (χ0) is 52.1. The van der Waals surface area contributed by atoms with Gasteiger partial charge in [-0.1, -0.05) is 259 Å². The molecule has 8 atom stereocenters. The summed E-state index contributed by atoms with van der Waals surface area (Å²) in [5, 5.41) is 11.6. The lowest BCUT2D eigenvalue weighted by atomic mass is 10.0. The van der Waals surface area contributed by atoms with Gasteiger partial charge < -0.3 is 43.0 Å². The normalized spacial score (nSPS) is 21.6. The first-order valence-corrected chi connectivity index (χ1v) is 29.4. The Morgan fingerprint density at radius 3 is 1.08 bits per heavy atom. The molecule has 2 heterocycles. The summed E-state index contributed by atoms with van der Waals surface area (Å²) in [6.07, 6.45) is 25.0. The van der Waals surface area contributed by atoms with E-state index in [0.717, 1.165) is 55.2 Å². The van der Waals surface area contributed by atoms with E-state index in [9.17, 15) is 14.7 Å². The van der Waals surface area contributed by atoms with Gasteiger partial charge in [0, 0.05) is 12.8 Å². The SMILES string of the molecule is CCCCCCCCCCCCCCCC(=O)OC[C@H]1O[C@@H](O[C@H]2[C@H](OCc3ccccc3)[C@@H](COC(=O)CCCCCCCCCCCCCCC)O[C@@H]2O)[C@@H](OCc2ccccc2)[C@@H]1OCc1ccccc1. The molecule has 2 aliphatic rings. The largest absolute Gasteiger partial charge is 0.463 e. The van der Waals surface area contributed by atoms with Crippen molar-refractivity contribution >= 4 is 11.9 Å². The summed E-state index contributed by atoms with van der Waals surface area (Å²) in [7, 11) is 0. The van der Waals surface area contributed by atoms with E-state index in [1.165, 1.54) is 128 Å². The Hall–Kier alpha value is -3.68. The van der Waals surface area contributed by atoms with Crippen LogP contribution in [0.3, 0.4) is 0 Å². The van der Waals surface area contributed by atoms with Crippen LogP contribution in [0.2, 0.25) is 0 Å². The highest BCUT2D eigenvalue weighted by Gasteiger charge is 2.53. The summed E-state index contributed by atoms with van der Waals surface area (Å²) in [5.74, 6) is -0.596. The van der Waals surface area contributed by atoms with E-state index in [0.29, 0.717) is 12.8 Å². The molecule has 0 saturated carbocycles. The van der Waals surface area contributed by atoms with Gasteiger partial charge >= 0.3 is 11.9 Å². The number of aliphatic hydroxyl groups is 1. The van der Waals surface area contributed by atoms with Gasteiger partial charge in [0.15, 0.2) is 12.6 Å². The molecule has 0 amide bonds. The number of hydrogen-bond donors (Lipinski definition) is 1. The Kier molecular flexibility index (Phi) is 32.1. The smallest absolute Gasteiger partial charge is 0.305 e. The molecule has 2 fully saturated rings. The van der Waals surface area contributed by atoms with Crippen molar-refractivity contribution in [1.82, 2.24) is 0 Å². The van der Waals surface area contributed by atoms with Gasteiger partial charge in [-0.3, -0.25) is 9.59 Å². The summed E-state index contributed by atoms with van der Waals surface area (Å²) in [4.78, 5) is 26.3. The number of carbonyl (C=O) groups is 2. The Morgan fingerprint density at radius 1 is 0.405 bits per heavy atom. The Bertz CT molecular complexity index is 1830. The van der Waals surface area contributed by atoms with Crippen molar-refractivity contribution in [3.05, 3.63) is 108 Å². The van der Waals surface area contributed by atoms with Gasteiger partial charge in [0.05, 0.1) is 19.8 Å². The summed E-state index contributed by atoms with van der Waals surface area (Å²) in [5.41, 5.74) is 2.81. The zero-order valence-electron chi connectivity index (χ0n) is 45.6. The molecule has 1 N–H and O–H groups in total. The Labute approximate surface area is 446 Å². The van der Waals surface area contributed by atoms with Crippen LogP contribution >= 0.6 is 0 Å². The maximum absolute atomic E-state index is 13.2. The Morgan fingerprint density at radius 2 is 0.716 bits per heavy atom. The van der Waals surface area contributed by atoms with Gasteiger partial charge in [0.1, 0.15) is 49.8 Å². The number of unbranched alkanes of at least 4 members (excludes halogenated alkanes) is 24. The highest BCUT2D eigenvalue weighted by atomic mass is 16.8. The minimum atomic E-state index is -1.44. The van der Waals surface area contributed by atoms with Gasteiger partial charge in [-0.2, -0.15) is 0 Å². The lowest BCUT2D eigenvalue weighted by Crippen LogP contribution is -2.45. The van der Waals surface area contributed by atoms with Crippen LogP contribution in [0, 0.1) is 0 Å². The quantitative estimate of drug-likeness (QED) is 0.0430. The summed E-state index contributed by atoms with van der Waals surface area (Å²) < 4.78 is 51.0. The number of ether oxygens (including phenoxy) is 8. The maximum Gasteiger partial charge on any atom is 0.305 e. The van der Waals surface area contributed by atoms with Gasteiger partial charge in [0.2, 0.25) is 0 Å². The highest BCUT2D eigenvalue weighted by Crippen LogP contribution is 2.35. The fourth-order valence-corrected chi connectivity index (χ4v) is 10.0. The molecule has 0 aromatic heterocycles. The van der Waals surface area contributed by atoms with Crippen molar-refractivity contribution in [2.75, 3.05) is 13.2 Å². The van der Waals surface area contributed by atoms with Crippen LogP contribution in [0.15, 0.2) is 91.0 Å². The van der Waals surface area contributed by atoms with Gasteiger partial charge in [-0.05, 0) is 29.5 Å². The molecule has 11 heteroatoms. The molecule has 74 heavy (non-hydrogen) atoms. The summed E-state index contributed by atoms with van der Waals surface area (Å²) >= 11 is 0. The highest BCUT2D eigenvalue weighted by molar-refractivity contribution is 5.69. The van der Waals surface area contributed by atoms with E-state index in [1.807, 2.05) is 91.0 Å². The second-order valence-corrected chi connectivity index (χ2v) is 20.8. The molecule has 0 radical (unpaired) electrons. The van der Waals surface area contributed by atoms with Gasteiger partial charge in [-0.15, -0.1) is 0 Å². The van der Waals surface area contributed by atoms with E-state index in [2.05, 4.69) is 13.8 Å². The number of esters is 2. The minimum absolute atomic E-state index is 0.0721. The lowest BCUT2D eigenvalue weighted by molar-refractivity contribution is -0.246. The predicted molar refractivity (Wildman–Crippen MR) is 292 cm³/mol. The second kappa shape index (κ2) is 38.8. The lowest BCUT2D eigenvalue weighted by Gasteiger charge is -2.29. The van der Waals surface area contributed by atoms with Crippen molar-refractivity contribution in [3.8, 4) is 0 Å². The first-order valence-electron chi connectivity index (χ1n) is 29.4. The van der Waals surface area contributed by atoms with Gasteiger partial charge in [-0.25, -0.2) is 0 Å². The average molecular weight is 1030 g/mol. The molecule has 0 spiro atoms. The number of aliphatic hydroxyl groups excluding tert-OH is 1. The predicted octanol–water partition coefficient (Wildman–Crippen LogP) is 14.6. The molecule has 11 nitrogen and oxygen atoms in total. The van der Waals surface area contributed by atoms with Crippen LogP contribution in [-0.4, -0.2) is 79.5 Å². The number of hydrogen-bond acceptors (Lipinski definition) is 11. The molecule has 5 rings (SSSR count). The van der Waals surface area contributed by atoms with E-state index in [1.54, 1.807) is 0 Å². The first kappa shape index (κ1) is 61.2. The first-order chi connectivity index (χ1) is 36.4. The minimum Gasteiger partial charge on any atom is -0.463 e. The Balaban J connectivity index is 1.17. The molecule has 0 aliphatic carbocycles. The summed E-state index contributed by atoms with van der Waals surface area (Å²) in [6.45, 7) is 5.00. The van der Waals surface area contributed by atoms with Crippen LogP contribution in [0.1, 0.15) is 210 Å². The van der Waals surface area contributed by atoms with Crippen molar-refractivity contribution in [2.24, 2.45) is 0 Å². The van der Waals surface area contributed by atoms with E-state index >= 15 is 0 Å². The maximum atomic E-state index is 13.2. The van der Waals surface area contributed by atoms with Gasteiger partial charge in [0.25, 0.3) is 0 Å². The molecule has 3 aromatic rings. The molecule has 414 valence electrons. The average Bonchev–Trinajstić information content (AvgIpc) is 3.92. The zero-order valence-corrected chi connectivity index (χ0v) is 45.6. The van der Waals surface area contributed by atoms with Crippen LogP contribution in [-0.2, 0) is 67.3 Å². The van der Waals surface area contributed by atoms with Crippen molar-refractivity contribution in [3.63, 3.8) is 0 Å². The van der Waals surface area contributed by atoms with E-state index in [-0.39, 0.29) is 45.0 Å². The van der Waals surface area contributed by atoms with Crippen LogP contribution in [0.4, 0.5) is 0 Å². The molecule has 3 aromatic carbocycles. The van der Waals surface area contributed by atoms with Crippen molar-refractivity contribution < 1.29 is 52.6 Å². The van der Waals surface area contributed by atoms with Crippen LogP contribution in [0.25, 0.3) is 0 Å². The van der Waals surface area contributed by atoms with Crippen molar-refractivity contribution in [2.45, 2.75) is 263 Å². The monoisotopic (exact) mass is 1030 g/mol.